The Bertz CT molecular complexity index is 515. The van der Waals surface area contributed by atoms with Crippen LogP contribution in [0.3, 0.4) is 0 Å². The van der Waals surface area contributed by atoms with Gasteiger partial charge in [0.05, 0.1) is 5.56 Å². The summed E-state index contributed by atoms with van der Waals surface area (Å²) in [6.45, 7) is 0. The minimum atomic E-state index is -0.150. The Balaban J connectivity index is 1.96. The number of cyclic esters (lactones) is 1. The number of carbonyl (C=O) groups is 1. The molecule has 1 aliphatic heterocycles. The molecule has 146 valence electrons. The largest absolute Gasteiger partial charge is 0.458 e. The van der Waals surface area contributed by atoms with Crippen LogP contribution in [0.2, 0.25) is 0 Å². The average molecular weight is 423 g/mol. The summed E-state index contributed by atoms with van der Waals surface area (Å²) in [6, 6.07) is 7.98. The van der Waals surface area contributed by atoms with E-state index in [0.29, 0.717) is 0 Å². The number of halogens is 1. The van der Waals surface area contributed by atoms with Crippen LogP contribution in [0.1, 0.15) is 99.4 Å². The molecule has 3 heteroatoms. The number of rotatable bonds is 1. The second-order valence-corrected chi connectivity index (χ2v) is 8.27. The molecule has 1 atom stereocenters. The van der Waals surface area contributed by atoms with Crippen molar-refractivity contribution < 1.29 is 9.53 Å². The highest BCUT2D eigenvalue weighted by Crippen LogP contribution is 2.19. The Morgan fingerprint density at radius 2 is 1.35 bits per heavy atom. The lowest BCUT2D eigenvalue weighted by atomic mass is 10.00. The average Bonchev–Trinajstić information content (AvgIpc) is 2.66. The van der Waals surface area contributed by atoms with Gasteiger partial charge >= 0.3 is 5.97 Å². The van der Waals surface area contributed by atoms with Crippen LogP contribution < -0.4 is 0 Å². The molecule has 1 unspecified atom stereocenters. The molecule has 0 bridgehead atoms. The van der Waals surface area contributed by atoms with Crippen molar-refractivity contribution in [1.82, 2.24) is 0 Å². The molecule has 0 fully saturated rings. The Hall–Kier alpha value is -0.830. The second kappa shape index (κ2) is 13.4. The van der Waals surface area contributed by atoms with Crippen LogP contribution in [0, 0.1) is 0 Å². The van der Waals surface area contributed by atoms with E-state index in [1.165, 1.54) is 64.2 Å². The molecular formula is C23H35BrO2. The minimum absolute atomic E-state index is 0.0161. The summed E-state index contributed by atoms with van der Waals surface area (Å²) in [4.78, 5) is 12.7. The van der Waals surface area contributed by atoms with Crippen LogP contribution in [-0.2, 0) is 11.2 Å². The van der Waals surface area contributed by atoms with E-state index in [-0.39, 0.29) is 12.1 Å². The van der Waals surface area contributed by atoms with Gasteiger partial charge in [-0.15, -0.1) is 0 Å². The van der Waals surface area contributed by atoms with Gasteiger partial charge in [-0.3, -0.25) is 0 Å². The van der Waals surface area contributed by atoms with Crippen molar-refractivity contribution in [2.45, 2.75) is 96.0 Å². The summed E-state index contributed by atoms with van der Waals surface area (Å²) in [6.07, 6.45) is 17.6. The standard InChI is InChI=1S/C23H35BrO2/c24-19-21-17-12-10-8-6-4-2-1-3-5-7-9-11-15-20-16-13-14-18-22(20)23(25)26-21/h13-14,16,18,21H,1-12,15,17,19H2. The van der Waals surface area contributed by atoms with Crippen molar-refractivity contribution in [2.24, 2.45) is 0 Å². The fraction of sp³-hybridized carbons (Fsp3) is 0.696. The maximum Gasteiger partial charge on any atom is 0.338 e. The third-order valence-corrected chi connectivity index (χ3v) is 6.13. The highest BCUT2D eigenvalue weighted by molar-refractivity contribution is 9.09. The molecular weight excluding hydrogens is 388 g/mol. The number of fused-ring (bicyclic) bond motifs is 1. The van der Waals surface area contributed by atoms with Crippen molar-refractivity contribution in [3.63, 3.8) is 0 Å². The smallest absolute Gasteiger partial charge is 0.338 e. The molecule has 0 radical (unpaired) electrons. The zero-order chi connectivity index (χ0) is 18.5. The van der Waals surface area contributed by atoms with E-state index in [9.17, 15) is 4.79 Å². The fourth-order valence-electron chi connectivity index (χ4n) is 3.78. The SMILES string of the molecule is O=C1OC(CBr)CCCCCCCCCCCCCCc2ccccc21. The molecule has 0 amide bonds. The predicted octanol–water partition coefficient (Wildman–Crippen LogP) is 7.23. The van der Waals surface area contributed by atoms with Gasteiger partial charge in [0.25, 0.3) is 0 Å². The van der Waals surface area contributed by atoms with Crippen LogP contribution in [0.5, 0.6) is 0 Å². The van der Waals surface area contributed by atoms with E-state index in [2.05, 4.69) is 22.0 Å². The summed E-state index contributed by atoms with van der Waals surface area (Å²) < 4.78 is 5.81. The molecule has 1 heterocycles. The van der Waals surface area contributed by atoms with E-state index < -0.39 is 0 Å². The lowest BCUT2D eigenvalue weighted by Crippen LogP contribution is -2.20. The van der Waals surface area contributed by atoms with E-state index in [4.69, 9.17) is 4.74 Å². The first-order valence-corrected chi connectivity index (χ1v) is 11.8. The molecule has 0 aliphatic carbocycles. The van der Waals surface area contributed by atoms with Gasteiger partial charge in [0, 0.05) is 5.33 Å². The Morgan fingerprint density at radius 3 is 1.96 bits per heavy atom. The highest BCUT2D eigenvalue weighted by Gasteiger charge is 2.17. The van der Waals surface area contributed by atoms with E-state index >= 15 is 0 Å². The van der Waals surface area contributed by atoms with Crippen molar-refractivity contribution in [3.8, 4) is 0 Å². The van der Waals surface area contributed by atoms with Crippen LogP contribution in [-0.4, -0.2) is 17.4 Å². The Morgan fingerprint density at radius 1 is 0.808 bits per heavy atom. The van der Waals surface area contributed by atoms with Gasteiger partial charge in [0.1, 0.15) is 6.10 Å². The number of ether oxygens (including phenoxy) is 1. The monoisotopic (exact) mass is 422 g/mol. The quantitative estimate of drug-likeness (QED) is 0.352. The van der Waals surface area contributed by atoms with Crippen molar-refractivity contribution in [2.75, 3.05) is 5.33 Å². The number of hydrogen-bond donors (Lipinski definition) is 0. The highest BCUT2D eigenvalue weighted by atomic mass is 79.9. The van der Waals surface area contributed by atoms with E-state index in [1.54, 1.807) is 0 Å². The summed E-state index contributed by atoms with van der Waals surface area (Å²) in [5.74, 6) is -0.150. The van der Waals surface area contributed by atoms with Gasteiger partial charge in [0.2, 0.25) is 0 Å². The molecule has 0 aromatic heterocycles. The number of benzene rings is 1. The molecule has 0 saturated carbocycles. The molecule has 1 aromatic carbocycles. The van der Waals surface area contributed by atoms with Crippen LogP contribution >= 0.6 is 15.9 Å². The maximum atomic E-state index is 12.7. The number of aryl methyl sites for hydroxylation is 1. The van der Waals surface area contributed by atoms with Crippen LogP contribution in [0.15, 0.2) is 24.3 Å². The summed E-state index contributed by atoms with van der Waals surface area (Å²) >= 11 is 3.52. The van der Waals surface area contributed by atoms with Gasteiger partial charge in [-0.2, -0.15) is 0 Å². The van der Waals surface area contributed by atoms with Gasteiger partial charge < -0.3 is 4.74 Å². The molecule has 2 nitrogen and oxygen atoms in total. The lowest BCUT2D eigenvalue weighted by molar-refractivity contribution is 0.0330. The van der Waals surface area contributed by atoms with Gasteiger partial charge in [-0.05, 0) is 37.3 Å². The third kappa shape index (κ3) is 8.24. The zero-order valence-electron chi connectivity index (χ0n) is 16.2. The molecule has 2 rings (SSSR count). The first-order chi connectivity index (χ1) is 12.8. The minimum Gasteiger partial charge on any atom is -0.458 e. The molecule has 1 aliphatic rings. The van der Waals surface area contributed by atoms with Crippen LogP contribution in [0.25, 0.3) is 0 Å². The van der Waals surface area contributed by atoms with Crippen molar-refractivity contribution in [3.05, 3.63) is 35.4 Å². The number of hydrogen-bond acceptors (Lipinski definition) is 2. The van der Waals surface area contributed by atoms with Crippen molar-refractivity contribution >= 4 is 21.9 Å². The Labute approximate surface area is 168 Å². The first kappa shape index (κ1) is 21.5. The normalized spacial score (nSPS) is 22.3. The Kier molecular flexibility index (Phi) is 11.0. The van der Waals surface area contributed by atoms with E-state index in [0.717, 1.165) is 42.1 Å². The summed E-state index contributed by atoms with van der Waals surface area (Å²) in [5.41, 5.74) is 1.90. The lowest BCUT2D eigenvalue weighted by Gasteiger charge is -2.17. The number of alkyl halides is 1. The summed E-state index contributed by atoms with van der Waals surface area (Å²) in [7, 11) is 0. The molecule has 0 saturated heterocycles. The van der Waals surface area contributed by atoms with E-state index in [1.807, 2.05) is 18.2 Å². The number of esters is 1. The van der Waals surface area contributed by atoms with Crippen molar-refractivity contribution in [1.29, 1.82) is 0 Å². The fourth-order valence-corrected chi connectivity index (χ4v) is 4.23. The molecule has 26 heavy (non-hydrogen) atoms. The molecule has 0 N–H and O–H groups in total. The first-order valence-electron chi connectivity index (χ1n) is 10.7. The zero-order valence-corrected chi connectivity index (χ0v) is 17.8. The van der Waals surface area contributed by atoms with Gasteiger partial charge in [-0.25, -0.2) is 4.79 Å². The van der Waals surface area contributed by atoms with Gasteiger partial charge in [-0.1, -0.05) is 98.3 Å². The summed E-state index contributed by atoms with van der Waals surface area (Å²) in [5, 5.41) is 0.723. The maximum absolute atomic E-state index is 12.7. The number of carbonyl (C=O) groups excluding carboxylic acids is 1. The molecule has 1 aromatic rings. The van der Waals surface area contributed by atoms with Gasteiger partial charge in [0.15, 0.2) is 0 Å². The molecule has 0 spiro atoms. The second-order valence-electron chi connectivity index (χ2n) is 7.62. The predicted molar refractivity (Wildman–Crippen MR) is 113 cm³/mol. The topological polar surface area (TPSA) is 26.3 Å². The third-order valence-electron chi connectivity index (χ3n) is 5.41. The van der Waals surface area contributed by atoms with Crippen LogP contribution in [0.4, 0.5) is 0 Å².